The second-order valence-electron chi connectivity index (χ2n) is 10.7. The van der Waals surface area contributed by atoms with Gasteiger partial charge in [0, 0.05) is 37.5 Å². The summed E-state index contributed by atoms with van der Waals surface area (Å²) in [4.78, 5) is 31.4. The first-order valence-electron chi connectivity index (χ1n) is 12.8. The summed E-state index contributed by atoms with van der Waals surface area (Å²) in [5, 5.41) is 0.482. The number of nitrogens with zero attached hydrogens (tertiary/aromatic N) is 2. The molecule has 0 aliphatic carbocycles. The molecule has 2 atom stereocenters. The average Bonchev–Trinajstić information content (AvgIpc) is 3.19. The summed E-state index contributed by atoms with van der Waals surface area (Å²) in [5.41, 5.74) is 9.60. The van der Waals surface area contributed by atoms with Crippen molar-refractivity contribution in [1.29, 1.82) is 0 Å². The molecule has 7 heteroatoms. The van der Waals surface area contributed by atoms with Crippen molar-refractivity contribution in [2.24, 2.45) is 0 Å². The maximum atomic E-state index is 13.2. The minimum absolute atomic E-state index is 0.0141. The molecule has 0 saturated carbocycles. The fraction of sp³-hybridized carbons (Fsp3) is 0.400. The summed E-state index contributed by atoms with van der Waals surface area (Å²) in [7, 11) is 0. The van der Waals surface area contributed by atoms with Gasteiger partial charge in [0.1, 0.15) is 10.6 Å². The normalized spacial score (nSPS) is 16.6. The number of carbonyl (C=O) groups is 2. The van der Waals surface area contributed by atoms with E-state index in [0.717, 1.165) is 22.5 Å². The van der Waals surface area contributed by atoms with E-state index in [9.17, 15) is 9.59 Å². The van der Waals surface area contributed by atoms with E-state index >= 15 is 0 Å². The number of anilines is 1. The lowest BCUT2D eigenvalue weighted by Gasteiger charge is -2.42. The lowest BCUT2D eigenvalue weighted by Crippen LogP contribution is -2.44. The standard InChI is InChI=1S/C30H37N3O3S/c1-20(23-14-10-7-11-15-23)33-17-16-24-26(29(35)36-30(3,4)5)28(31)37-27(24)25(33)19-32(21(2)34)18-22-12-8-6-9-13-22/h6-15,20,25H,16-19,31H2,1-5H3/t20-,25-/m0/s1. The van der Waals surface area contributed by atoms with Gasteiger partial charge in [0.25, 0.3) is 0 Å². The van der Waals surface area contributed by atoms with Gasteiger partial charge in [0.2, 0.25) is 5.91 Å². The van der Waals surface area contributed by atoms with Crippen LogP contribution in [0.25, 0.3) is 0 Å². The number of esters is 1. The van der Waals surface area contributed by atoms with Gasteiger partial charge in [-0.2, -0.15) is 0 Å². The zero-order valence-corrected chi connectivity index (χ0v) is 23.2. The monoisotopic (exact) mass is 519 g/mol. The highest BCUT2D eigenvalue weighted by Crippen LogP contribution is 2.45. The molecule has 2 N–H and O–H groups in total. The Hall–Kier alpha value is -3.16. The SMILES string of the molecule is CC(=O)N(Cc1ccccc1)C[C@H]1c2sc(N)c(C(=O)OC(C)(C)C)c2CCN1[C@@H](C)c1ccccc1. The summed E-state index contributed by atoms with van der Waals surface area (Å²) in [6, 6.07) is 20.5. The first-order valence-corrected chi connectivity index (χ1v) is 13.6. The highest BCUT2D eigenvalue weighted by Gasteiger charge is 2.38. The van der Waals surface area contributed by atoms with Gasteiger partial charge in [0.15, 0.2) is 0 Å². The molecule has 0 bridgehead atoms. The van der Waals surface area contributed by atoms with Crippen LogP contribution in [0.4, 0.5) is 5.00 Å². The zero-order valence-electron chi connectivity index (χ0n) is 22.4. The van der Waals surface area contributed by atoms with Gasteiger partial charge >= 0.3 is 5.97 Å². The number of nitrogen functional groups attached to an aromatic ring is 1. The third kappa shape index (κ3) is 6.22. The van der Waals surface area contributed by atoms with E-state index < -0.39 is 5.60 Å². The number of hydrogen-bond donors (Lipinski definition) is 1. The number of nitrogens with two attached hydrogens (primary N) is 1. The van der Waals surface area contributed by atoms with E-state index in [1.165, 1.54) is 16.9 Å². The molecule has 3 aromatic rings. The van der Waals surface area contributed by atoms with E-state index in [-0.39, 0.29) is 24.0 Å². The lowest BCUT2D eigenvalue weighted by molar-refractivity contribution is -0.130. The smallest absolute Gasteiger partial charge is 0.341 e. The first-order chi connectivity index (χ1) is 17.5. The molecule has 2 heterocycles. The molecule has 4 rings (SSSR count). The minimum atomic E-state index is -0.610. The summed E-state index contributed by atoms with van der Waals surface area (Å²) < 4.78 is 5.72. The molecule has 1 aliphatic heterocycles. The van der Waals surface area contributed by atoms with Crippen LogP contribution in [-0.4, -0.2) is 40.4 Å². The molecule has 1 aromatic heterocycles. The van der Waals surface area contributed by atoms with Crippen LogP contribution in [0.15, 0.2) is 60.7 Å². The van der Waals surface area contributed by atoms with Gasteiger partial charge in [0.05, 0.1) is 11.6 Å². The second kappa shape index (κ2) is 11.1. The largest absolute Gasteiger partial charge is 0.456 e. The van der Waals surface area contributed by atoms with Gasteiger partial charge in [-0.1, -0.05) is 60.7 Å². The number of carbonyl (C=O) groups excluding carboxylic acids is 2. The number of amides is 1. The van der Waals surface area contributed by atoms with Crippen LogP contribution >= 0.6 is 11.3 Å². The van der Waals surface area contributed by atoms with Crippen LogP contribution in [-0.2, 0) is 22.5 Å². The van der Waals surface area contributed by atoms with Crippen molar-refractivity contribution < 1.29 is 14.3 Å². The predicted molar refractivity (Wildman–Crippen MR) is 149 cm³/mol. The third-order valence-corrected chi connectivity index (χ3v) is 7.99. The van der Waals surface area contributed by atoms with Gasteiger partial charge in [-0.05, 0) is 50.8 Å². The number of fused-ring (bicyclic) bond motifs is 1. The number of benzene rings is 2. The molecule has 0 spiro atoms. The molecule has 0 saturated heterocycles. The number of rotatable bonds is 7. The lowest BCUT2D eigenvalue weighted by atomic mass is 9.93. The minimum Gasteiger partial charge on any atom is -0.456 e. The molecule has 2 aromatic carbocycles. The van der Waals surface area contributed by atoms with Crippen molar-refractivity contribution in [1.82, 2.24) is 9.80 Å². The maximum absolute atomic E-state index is 13.2. The Kier molecular flexibility index (Phi) is 8.05. The van der Waals surface area contributed by atoms with E-state index in [4.69, 9.17) is 10.5 Å². The molecular weight excluding hydrogens is 482 g/mol. The van der Waals surface area contributed by atoms with E-state index in [1.54, 1.807) is 6.92 Å². The van der Waals surface area contributed by atoms with Crippen LogP contribution in [0.1, 0.15) is 78.6 Å². The maximum Gasteiger partial charge on any atom is 0.341 e. The van der Waals surface area contributed by atoms with Crippen LogP contribution in [0.3, 0.4) is 0 Å². The Morgan fingerprint density at radius 1 is 1.11 bits per heavy atom. The van der Waals surface area contributed by atoms with Crippen molar-refractivity contribution >= 4 is 28.2 Å². The number of ether oxygens (including phenoxy) is 1. The quantitative estimate of drug-likeness (QED) is 0.388. The topological polar surface area (TPSA) is 75.9 Å². The molecule has 0 unspecified atom stereocenters. The fourth-order valence-corrected chi connectivity index (χ4v) is 6.23. The molecule has 6 nitrogen and oxygen atoms in total. The van der Waals surface area contributed by atoms with Gasteiger partial charge in [-0.3, -0.25) is 9.69 Å². The summed E-state index contributed by atoms with van der Waals surface area (Å²) in [6.45, 7) is 11.2. The van der Waals surface area contributed by atoms with Crippen LogP contribution in [0.5, 0.6) is 0 Å². The highest BCUT2D eigenvalue weighted by atomic mass is 32.1. The molecule has 1 aliphatic rings. The Morgan fingerprint density at radius 2 is 1.73 bits per heavy atom. The van der Waals surface area contributed by atoms with Crippen molar-refractivity contribution in [2.75, 3.05) is 18.8 Å². The van der Waals surface area contributed by atoms with Crippen molar-refractivity contribution in [3.05, 3.63) is 87.8 Å². The molecule has 37 heavy (non-hydrogen) atoms. The molecular formula is C30H37N3O3S. The summed E-state index contributed by atoms with van der Waals surface area (Å²) >= 11 is 1.45. The number of thiophene rings is 1. The van der Waals surface area contributed by atoms with Crippen LogP contribution in [0, 0.1) is 0 Å². The first kappa shape index (κ1) is 26.9. The Bertz CT molecular complexity index is 1230. The fourth-order valence-electron chi connectivity index (χ4n) is 5.01. The molecule has 0 radical (unpaired) electrons. The van der Waals surface area contributed by atoms with Crippen molar-refractivity contribution in [3.63, 3.8) is 0 Å². The summed E-state index contributed by atoms with van der Waals surface area (Å²) in [6.07, 6.45) is 0.698. The van der Waals surface area contributed by atoms with Gasteiger partial charge in [-0.15, -0.1) is 11.3 Å². The van der Waals surface area contributed by atoms with E-state index in [0.29, 0.717) is 30.1 Å². The molecule has 196 valence electrons. The van der Waals surface area contributed by atoms with E-state index in [1.807, 2.05) is 62.1 Å². The molecule has 1 amide bonds. The van der Waals surface area contributed by atoms with Crippen molar-refractivity contribution in [2.45, 2.75) is 65.3 Å². The highest BCUT2D eigenvalue weighted by molar-refractivity contribution is 7.16. The molecule has 0 fully saturated rings. The average molecular weight is 520 g/mol. The Morgan fingerprint density at radius 3 is 2.32 bits per heavy atom. The Labute approximate surface area is 224 Å². The van der Waals surface area contributed by atoms with Crippen molar-refractivity contribution in [3.8, 4) is 0 Å². The summed E-state index contributed by atoms with van der Waals surface area (Å²) in [5.74, 6) is -0.362. The number of hydrogen-bond acceptors (Lipinski definition) is 6. The Balaban J connectivity index is 1.73. The second-order valence-corrected chi connectivity index (χ2v) is 11.7. The van der Waals surface area contributed by atoms with E-state index in [2.05, 4.69) is 36.1 Å². The van der Waals surface area contributed by atoms with Gasteiger partial charge < -0.3 is 15.4 Å². The third-order valence-electron chi connectivity index (χ3n) is 6.83. The predicted octanol–water partition coefficient (Wildman–Crippen LogP) is 5.99. The van der Waals surface area contributed by atoms with Gasteiger partial charge in [-0.25, -0.2) is 4.79 Å². The van der Waals surface area contributed by atoms with Crippen LogP contribution < -0.4 is 5.73 Å². The zero-order chi connectivity index (χ0) is 26.7. The van der Waals surface area contributed by atoms with Crippen LogP contribution in [0.2, 0.25) is 0 Å².